The molecule has 0 atom stereocenters. The number of aromatic nitrogens is 2. The summed E-state index contributed by atoms with van der Waals surface area (Å²) in [6.45, 7) is 0.256. The molecule has 1 rings (SSSR count). The third-order valence-electron chi connectivity index (χ3n) is 1.22. The molecule has 0 saturated carbocycles. The monoisotopic (exact) mass is 190 g/mol. The van der Waals surface area contributed by atoms with Crippen LogP contribution >= 0.6 is 0 Å². The van der Waals surface area contributed by atoms with Gasteiger partial charge in [0, 0.05) is 25.4 Å². The molecule has 68 valence electrons. The van der Waals surface area contributed by atoms with Gasteiger partial charge < -0.3 is 4.98 Å². The van der Waals surface area contributed by atoms with E-state index in [-0.39, 0.29) is 6.54 Å². The normalized spacial score (nSPS) is 11.8. The molecule has 1 heterocycles. The zero-order valence-electron chi connectivity index (χ0n) is 6.32. The Morgan fingerprint density at radius 3 is 2.92 bits per heavy atom. The molecule has 0 bridgehead atoms. The Balaban J connectivity index is 2.29. The van der Waals surface area contributed by atoms with Crippen LogP contribution in [0.2, 0.25) is 0 Å². The highest BCUT2D eigenvalue weighted by molar-refractivity contribution is 7.87. The molecule has 7 heteroatoms. The summed E-state index contributed by atoms with van der Waals surface area (Å²) in [5, 5.41) is 4.71. The van der Waals surface area contributed by atoms with E-state index in [1.807, 2.05) is 0 Å². The molecule has 0 aliphatic carbocycles. The average Bonchev–Trinajstić information content (AvgIpc) is 2.36. The van der Waals surface area contributed by atoms with Crippen LogP contribution in [0.1, 0.15) is 5.82 Å². The number of nitrogens with one attached hydrogen (secondary N) is 2. The van der Waals surface area contributed by atoms with Gasteiger partial charge in [-0.05, 0) is 0 Å². The van der Waals surface area contributed by atoms with Gasteiger partial charge in [-0.25, -0.2) is 14.8 Å². The van der Waals surface area contributed by atoms with Crippen molar-refractivity contribution in [1.82, 2.24) is 14.7 Å². The predicted molar refractivity (Wildman–Crippen MR) is 43.4 cm³/mol. The van der Waals surface area contributed by atoms with Crippen LogP contribution < -0.4 is 9.86 Å². The molecule has 0 unspecified atom stereocenters. The zero-order valence-corrected chi connectivity index (χ0v) is 7.13. The first-order chi connectivity index (χ1) is 5.58. The molecule has 1 aromatic heterocycles. The van der Waals surface area contributed by atoms with E-state index in [9.17, 15) is 8.42 Å². The quantitative estimate of drug-likeness (QED) is 0.552. The molecule has 0 aliphatic rings. The van der Waals surface area contributed by atoms with E-state index in [0.29, 0.717) is 6.42 Å². The van der Waals surface area contributed by atoms with Gasteiger partial charge in [0.05, 0.1) is 0 Å². The van der Waals surface area contributed by atoms with Crippen molar-refractivity contribution in [3.8, 4) is 0 Å². The van der Waals surface area contributed by atoms with Crippen LogP contribution in [-0.2, 0) is 16.6 Å². The third kappa shape index (κ3) is 3.46. The Kier molecular flexibility index (Phi) is 2.79. The van der Waals surface area contributed by atoms with Gasteiger partial charge in [0.25, 0.3) is 10.2 Å². The average molecular weight is 190 g/mol. The highest BCUT2D eigenvalue weighted by Gasteiger charge is 2.00. The molecule has 0 amide bonds. The number of rotatable bonds is 4. The summed E-state index contributed by atoms with van der Waals surface area (Å²) < 4.78 is 22.9. The first kappa shape index (κ1) is 9.17. The smallest absolute Gasteiger partial charge is 0.274 e. The van der Waals surface area contributed by atoms with Crippen LogP contribution in [0.25, 0.3) is 0 Å². The molecule has 0 fully saturated rings. The Morgan fingerprint density at radius 1 is 1.67 bits per heavy atom. The van der Waals surface area contributed by atoms with Gasteiger partial charge in [-0.15, -0.1) is 0 Å². The van der Waals surface area contributed by atoms with Gasteiger partial charge >= 0.3 is 0 Å². The molecule has 4 N–H and O–H groups in total. The largest absolute Gasteiger partial charge is 0.349 e. The standard InChI is InChI=1S/C5H10N4O2S/c6-12(10,11)9-2-1-5-7-3-4-8-5/h3-4,9H,1-2H2,(H,7,8)(H2,6,10,11). The molecule has 0 aliphatic heterocycles. The second-order valence-electron chi connectivity index (χ2n) is 2.23. The first-order valence-corrected chi connectivity index (χ1v) is 4.88. The topological polar surface area (TPSA) is 101 Å². The molecule has 0 radical (unpaired) electrons. The summed E-state index contributed by atoms with van der Waals surface area (Å²) in [6.07, 6.45) is 3.78. The van der Waals surface area contributed by atoms with Crippen molar-refractivity contribution >= 4 is 10.2 Å². The molecule has 12 heavy (non-hydrogen) atoms. The summed E-state index contributed by atoms with van der Waals surface area (Å²) in [5.74, 6) is 0.728. The molecule has 0 spiro atoms. The lowest BCUT2D eigenvalue weighted by molar-refractivity contribution is 0.583. The number of imidazole rings is 1. The molecule has 0 saturated heterocycles. The zero-order chi connectivity index (χ0) is 9.03. The minimum absolute atomic E-state index is 0.256. The molecule has 6 nitrogen and oxygen atoms in total. The fourth-order valence-electron chi connectivity index (χ4n) is 0.746. The highest BCUT2D eigenvalue weighted by Crippen LogP contribution is 1.87. The predicted octanol–water partition coefficient (Wildman–Crippen LogP) is -1.25. The van der Waals surface area contributed by atoms with Gasteiger partial charge in [-0.2, -0.15) is 8.42 Å². The summed E-state index contributed by atoms with van der Waals surface area (Å²) >= 11 is 0. The van der Waals surface area contributed by atoms with Crippen molar-refractivity contribution in [1.29, 1.82) is 0 Å². The maximum absolute atomic E-state index is 10.4. The maximum Gasteiger partial charge on any atom is 0.274 e. The fourth-order valence-corrected chi connectivity index (χ4v) is 1.13. The summed E-state index contributed by atoms with van der Waals surface area (Å²) in [5.41, 5.74) is 0. The second kappa shape index (κ2) is 3.65. The molecule has 0 aromatic carbocycles. The Labute approximate surface area is 70.4 Å². The second-order valence-corrected chi connectivity index (χ2v) is 3.60. The number of H-pyrrole nitrogens is 1. The lowest BCUT2D eigenvalue weighted by Gasteiger charge is -1.98. The van der Waals surface area contributed by atoms with Crippen LogP contribution in [0.3, 0.4) is 0 Å². The maximum atomic E-state index is 10.4. The highest BCUT2D eigenvalue weighted by atomic mass is 32.2. The van der Waals surface area contributed by atoms with Gasteiger partial charge in [-0.1, -0.05) is 0 Å². The first-order valence-electron chi connectivity index (χ1n) is 3.33. The van der Waals surface area contributed by atoms with Crippen molar-refractivity contribution in [2.45, 2.75) is 6.42 Å². The summed E-state index contributed by atoms with van der Waals surface area (Å²) in [4.78, 5) is 6.74. The number of nitrogens with two attached hydrogens (primary N) is 1. The van der Waals surface area contributed by atoms with Crippen LogP contribution in [0.4, 0.5) is 0 Å². The van der Waals surface area contributed by atoms with Crippen LogP contribution in [0, 0.1) is 0 Å². The van der Waals surface area contributed by atoms with Gasteiger partial charge in [0.1, 0.15) is 5.82 Å². The van der Waals surface area contributed by atoms with E-state index < -0.39 is 10.2 Å². The lowest BCUT2D eigenvalue weighted by Crippen LogP contribution is -2.32. The van der Waals surface area contributed by atoms with Crippen molar-refractivity contribution < 1.29 is 8.42 Å². The molecular weight excluding hydrogens is 180 g/mol. The van der Waals surface area contributed by atoms with Crippen LogP contribution in [0.5, 0.6) is 0 Å². The van der Waals surface area contributed by atoms with Crippen LogP contribution in [0.15, 0.2) is 12.4 Å². The van der Waals surface area contributed by atoms with E-state index in [0.717, 1.165) is 5.82 Å². The van der Waals surface area contributed by atoms with E-state index in [1.165, 1.54) is 0 Å². The fraction of sp³-hybridized carbons (Fsp3) is 0.400. The number of hydrogen-bond acceptors (Lipinski definition) is 3. The summed E-state index contributed by atoms with van der Waals surface area (Å²) in [7, 11) is -3.57. The summed E-state index contributed by atoms with van der Waals surface area (Å²) in [6, 6.07) is 0. The van der Waals surface area contributed by atoms with Crippen LogP contribution in [-0.4, -0.2) is 24.9 Å². The third-order valence-corrected chi connectivity index (χ3v) is 1.83. The number of aromatic amines is 1. The minimum Gasteiger partial charge on any atom is -0.349 e. The number of hydrogen-bond donors (Lipinski definition) is 3. The Morgan fingerprint density at radius 2 is 2.42 bits per heavy atom. The van der Waals surface area contributed by atoms with E-state index in [4.69, 9.17) is 5.14 Å². The van der Waals surface area contributed by atoms with E-state index in [1.54, 1.807) is 12.4 Å². The van der Waals surface area contributed by atoms with Crippen molar-refractivity contribution in [3.63, 3.8) is 0 Å². The van der Waals surface area contributed by atoms with E-state index in [2.05, 4.69) is 14.7 Å². The molecular formula is C5H10N4O2S. The molecule has 1 aromatic rings. The van der Waals surface area contributed by atoms with Gasteiger partial charge in [-0.3, -0.25) is 0 Å². The SMILES string of the molecule is NS(=O)(=O)NCCc1ncc[nH]1. The van der Waals surface area contributed by atoms with Crippen molar-refractivity contribution in [2.75, 3.05) is 6.54 Å². The minimum atomic E-state index is -3.57. The Bertz CT molecular complexity index is 317. The Hall–Kier alpha value is -0.920. The lowest BCUT2D eigenvalue weighted by atomic mass is 10.4. The van der Waals surface area contributed by atoms with Gasteiger partial charge in [0.15, 0.2) is 0 Å². The van der Waals surface area contributed by atoms with Crippen molar-refractivity contribution in [2.24, 2.45) is 5.14 Å². The number of nitrogens with zero attached hydrogens (tertiary/aromatic N) is 1. The van der Waals surface area contributed by atoms with Crippen molar-refractivity contribution in [3.05, 3.63) is 18.2 Å². The van der Waals surface area contributed by atoms with Gasteiger partial charge in [0.2, 0.25) is 0 Å². The van der Waals surface area contributed by atoms with E-state index >= 15 is 0 Å².